The Labute approximate surface area is 190 Å². The molecule has 0 unspecified atom stereocenters. The van der Waals surface area contributed by atoms with E-state index in [2.05, 4.69) is 0 Å². The van der Waals surface area contributed by atoms with Gasteiger partial charge in [0, 0.05) is 44.1 Å². The number of carbonyl (C=O) groups is 2. The molecule has 1 saturated heterocycles. The molecule has 1 spiro atoms. The Morgan fingerprint density at radius 3 is 2.55 bits per heavy atom. The van der Waals surface area contributed by atoms with Crippen LogP contribution in [0.1, 0.15) is 29.6 Å². The van der Waals surface area contributed by atoms with Gasteiger partial charge in [-0.25, -0.2) is 0 Å². The summed E-state index contributed by atoms with van der Waals surface area (Å²) in [4.78, 5) is 37.8. The van der Waals surface area contributed by atoms with Crippen molar-refractivity contribution in [1.82, 2.24) is 4.90 Å². The number of benzene rings is 2. The number of piperidine rings is 1. The van der Waals surface area contributed by atoms with E-state index < -0.39 is 10.5 Å². The number of rotatable bonds is 6. The summed E-state index contributed by atoms with van der Waals surface area (Å²) in [6.45, 7) is 0.445. The molecule has 2 aliphatic heterocycles. The maximum absolute atomic E-state index is 12.9. The molecule has 1 fully saturated rings. The first kappa shape index (κ1) is 22.4. The van der Waals surface area contributed by atoms with Crippen LogP contribution >= 0.6 is 0 Å². The molecule has 174 valence electrons. The van der Waals surface area contributed by atoms with Crippen LogP contribution in [-0.2, 0) is 4.79 Å². The number of hydrogen-bond acceptors (Lipinski definition) is 8. The molecule has 0 aromatic heterocycles. The standard InChI is InChI=1S/C23H24N2O8/c1-30-15-11-19(31-2)22-17(26)13-23(33-20(22)12-15)7-9-24(10-8-23)21(27)14-32-18-6-4-3-5-16(18)25(28)29/h3-6,11-12H,7-10,13-14H2,1-2H3. The first-order valence-electron chi connectivity index (χ1n) is 10.5. The van der Waals surface area contributed by atoms with Crippen molar-refractivity contribution in [2.75, 3.05) is 33.9 Å². The molecule has 1 amide bonds. The number of ether oxygens (including phenoxy) is 4. The smallest absolute Gasteiger partial charge is 0.310 e. The van der Waals surface area contributed by atoms with E-state index in [0.29, 0.717) is 48.7 Å². The Bertz CT molecular complexity index is 1090. The van der Waals surface area contributed by atoms with Crippen molar-refractivity contribution >= 4 is 17.4 Å². The number of nitro benzene ring substituents is 1. The fourth-order valence-electron chi connectivity index (χ4n) is 4.25. The maximum atomic E-state index is 12.9. The minimum absolute atomic E-state index is 0.0463. The molecule has 4 rings (SSSR count). The van der Waals surface area contributed by atoms with Gasteiger partial charge in [0.2, 0.25) is 0 Å². The van der Waals surface area contributed by atoms with Crippen LogP contribution in [0.5, 0.6) is 23.0 Å². The van der Waals surface area contributed by atoms with Crippen molar-refractivity contribution in [3.63, 3.8) is 0 Å². The van der Waals surface area contributed by atoms with Crippen molar-refractivity contribution in [3.05, 3.63) is 52.1 Å². The molecule has 0 saturated carbocycles. The normalized spacial score (nSPS) is 16.5. The zero-order valence-electron chi connectivity index (χ0n) is 18.4. The molecule has 0 atom stereocenters. The molecule has 10 nitrogen and oxygen atoms in total. The number of nitrogens with zero attached hydrogens (tertiary/aromatic N) is 2. The summed E-state index contributed by atoms with van der Waals surface area (Å²) < 4.78 is 22.3. The topological polar surface area (TPSA) is 117 Å². The summed E-state index contributed by atoms with van der Waals surface area (Å²) in [5, 5.41) is 11.1. The summed E-state index contributed by atoms with van der Waals surface area (Å²) in [7, 11) is 3.01. The Hall–Kier alpha value is -3.82. The molecule has 2 aliphatic rings. The zero-order chi connectivity index (χ0) is 23.6. The molecular formula is C23H24N2O8. The zero-order valence-corrected chi connectivity index (χ0v) is 18.4. The van der Waals surface area contributed by atoms with Crippen LogP contribution in [0.25, 0.3) is 0 Å². The van der Waals surface area contributed by atoms with Crippen LogP contribution < -0.4 is 18.9 Å². The number of para-hydroxylation sites is 2. The second-order valence-electron chi connectivity index (χ2n) is 7.98. The van der Waals surface area contributed by atoms with E-state index in [0.717, 1.165) is 0 Å². The lowest BCUT2D eigenvalue weighted by Crippen LogP contribution is -2.53. The maximum Gasteiger partial charge on any atom is 0.310 e. The van der Waals surface area contributed by atoms with Crippen LogP contribution in [0.3, 0.4) is 0 Å². The SMILES string of the molecule is COc1cc(OC)c2c(c1)OC1(CCN(C(=O)COc3ccccc3[N+](=O)[O-])CC1)CC2=O. The van der Waals surface area contributed by atoms with Gasteiger partial charge >= 0.3 is 5.69 Å². The summed E-state index contributed by atoms with van der Waals surface area (Å²) in [5.74, 6) is 1.04. The third-order valence-electron chi connectivity index (χ3n) is 6.02. The molecule has 0 N–H and O–H groups in total. The third kappa shape index (κ3) is 4.41. The number of carbonyl (C=O) groups excluding carboxylic acids is 2. The van der Waals surface area contributed by atoms with Crippen molar-refractivity contribution in [2.24, 2.45) is 0 Å². The van der Waals surface area contributed by atoms with Gasteiger partial charge in [-0.05, 0) is 6.07 Å². The van der Waals surface area contributed by atoms with Crippen LogP contribution in [0.15, 0.2) is 36.4 Å². The van der Waals surface area contributed by atoms with Gasteiger partial charge in [0.1, 0.15) is 28.4 Å². The van der Waals surface area contributed by atoms with Crippen LogP contribution in [0.2, 0.25) is 0 Å². The third-order valence-corrected chi connectivity index (χ3v) is 6.02. The highest BCUT2D eigenvalue weighted by Crippen LogP contribution is 2.44. The second kappa shape index (κ2) is 8.97. The van der Waals surface area contributed by atoms with Gasteiger partial charge in [-0.3, -0.25) is 19.7 Å². The molecule has 0 aliphatic carbocycles. The van der Waals surface area contributed by atoms with Crippen LogP contribution in [-0.4, -0.2) is 61.0 Å². The number of ketones is 1. The number of amides is 1. The molecule has 2 heterocycles. The highest BCUT2D eigenvalue weighted by molar-refractivity contribution is 6.03. The number of hydrogen-bond donors (Lipinski definition) is 0. The van der Waals surface area contributed by atoms with Crippen LogP contribution in [0, 0.1) is 10.1 Å². The van der Waals surface area contributed by atoms with Gasteiger partial charge in [0.05, 0.1) is 25.6 Å². The number of likely N-dealkylation sites (tertiary alicyclic amines) is 1. The lowest BCUT2D eigenvalue weighted by molar-refractivity contribution is -0.385. The van der Waals surface area contributed by atoms with Gasteiger partial charge in [-0.1, -0.05) is 12.1 Å². The summed E-state index contributed by atoms with van der Waals surface area (Å²) in [6.07, 6.45) is 1.13. The van der Waals surface area contributed by atoms with E-state index in [1.54, 1.807) is 23.1 Å². The lowest BCUT2D eigenvalue weighted by Gasteiger charge is -2.44. The molecular weight excluding hydrogens is 432 g/mol. The molecule has 10 heteroatoms. The van der Waals surface area contributed by atoms with E-state index in [1.807, 2.05) is 0 Å². The number of methoxy groups -OCH3 is 2. The number of nitro groups is 1. The largest absolute Gasteiger partial charge is 0.496 e. The van der Waals surface area contributed by atoms with Crippen molar-refractivity contribution < 1.29 is 33.5 Å². The lowest BCUT2D eigenvalue weighted by atomic mass is 9.82. The molecule has 0 bridgehead atoms. The highest BCUT2D eigenvalue weighted by Gasteiger charge is 2.45. The molecule has 2 aromatic rings. The summed E-state index contributed by atoms with van der Waals surface area (Å²) in [6, 6.07) is 9.25. The Morgan fingerprint density at radius 2 is 1.88 bits per heavy atom. The quantitative estimate of drug-likeness (QED) is 0.481. The van der Waals surface area contributed by atoms with Crippen molar-refractivity contribution in [1.29, 1.82) is 0 Å². The van der Waals surface area contributed by atoms with E-state index in [9.17, 15) is 19.7 Å². The second-order valence-corrected chi connectivity index (χ2v) is 7.98. The molecule has 0 radical (unpaired) electrons. The predicted molar refractivity (Wildman–Crippen MR) is 116 cm³/mol. The number of fused-ring (bicyclic) bond motifs is 1. The van der Waals surface area contributed by atoms with Gasteiger partial charge in [-0.2, -0.15) is 0 Å². The summed E-state index contributed by atoms with van der Waals surface area (Å²) >= 11 is 0. The van der Waals surface area contributed by atoms with E-state index in [1.165, 1.54) is 32.4 Å². The average molecular weight is 456 g/mol. The Morgan fingerprint density at radius 1 is 1.15 bits per heavy atom. The number of Topliss-reactive ketones (excluding diaryl/α,β-unsaturated/α-hetero) is 1. The van der Waals surface area contributed by atoms with Crippen molar-refractivity contribution in [3.8, 4) is 23.0 Å². The minimum Gasteiger partial charge on any atom is -0.496 e. The predicted octanol–water partition coefficient (Wildman–Crippen LogP) is 3.02. The van der Waals surface area contributed by atoms with E-state index >= 15 is 0 Å². The van der Waals surface area contributed by atoms with Gasteiger partial charge in [-0.15, -0.1) is 0 Å². The van der Waals surface area contributed by atoms with Gasteiger partial charge in [0.25, 0.3) is 5.91 Å². The Balaban J connectivity index is 1.41. The highest BCUT2D eigenvalue weighted by atomic mass is 16.6. The molecule has 33 heavy (non-hydrogen) atoms. The minimum atomic E-state index is -0.711. The average Bonchev–Trinajstić information content (AvgIpc) is 2.82. The monoisotopic (exact) mass is 456 g/mol. The Kier molecular flexibility index (Phi) is 6.08. The van der Waals surface area contributed by atoms with Gasteiger partial charge in [0.15, 0.2) is 18.1 Å². The fourth-order valence-corrected chi connectivity index (χ4v) is 4.25. The van der Waals surface area contributed by atoms with E-state index in [-0.39, 0.29) is 36.2 Å². The van der Waals surface area contributed by atoms with E-state index in [4.69, 9.17) is 18.9 Å². The summed E-state index contributed by atoms with van der Waals surface area (Å²) in [5.41, 5.74) is -0.501. The fraction of sp³-hybridized carbons (Fsp3) is 0.391. The van der Waals surface area contributed by atoms with Gasteiger partial charge < -0.3 is 23.8 Å². The first-order valence-corrected chi connectivity index (χ1v) is 10.5. The van der Waals surface area contributed by atoms with Crippen molar-refractivity contribution in [2.45, 2.75) is 24.9 Å². The van der Waals surface area contributed by atoms with Crippen LogP contribution in [0.4, 0.5) is 5.69 Å². The molecule has 2 aromatic carbocycles. The first-order chi connectivity index (χ1) is 15.9.